The minimum Gasteiger partial charge on any atom is -0.326 e. The summed E-state index contributed by atoms with van der Waals surface area (Å²) in [6.45, 7) is 2.27. The lowest BCUT2D eigenvalue weighted by Gasteiger charge is -2.33. The van der Waals surface area contributed by atoms with E-state index in [9.17, 15) is 0 Å². The molecule has 2 N–H and O–H groups in total. The lowest BCUT2D eigenvalue weighted by atomic mass is 9.81. The molecule has 2 aromatic rings. The first kappa shape index (κ1) is 13.4. The highest BCUT2D eigenvalue weighted by Gasteiger charge is 2.29. The van der Waals surface area contributed by atoms with E-state index in [0.717, 1.165) is 18.8 Å². The maximum atomic E-state index is 6.32. The molecule has 1 aromatic heterocycles. The average Bonchev–Trinajstić information content (AvgIpc) is 2.98. The molecule has 1 heterocycles. The van der Waals surface area contributed by atoms with Gasteiger partial charge in [-0.3, -0.25) is 4.68 Å². The van der Waals surface area contributed by atoms with Crippen LogP contribution in [0, 0.1) is 5.92 Å². The molecule has 3 rings (SSSR count). The molecule has 3 heteroatoms. The van der Waals surface area contributed by atoms with Crippen LogP contribution in [-0.2, 0) is 0 Å². The van der Waals surface area contributed by atoms with E-state index in [1.165, 1.54) is 24.0 Å². The van der Waals surface area contributed by atoms with Crippen LogP contribution in [0.15, 0.2) is 42.7 Å². The molecule has 0 saturated heterocycles. The van der Waals surface area contributed by atoms with Crippen molar-refractivity contribution in [3.63, 3.8) is 0 Å². The largest absolute Gasteiger partial charge is 0.326 e. The minimum atomic E-state index is 0.237. The molecule has 0 spiro atoms. The highest BCUT2D eigenvalue weighted by atomic mass is 15.3. The summed E-state index contributed by atoms with van der Waals surface area (Å²) in [6.07, 6.45) is 8.89. The molecule has 1 aliphatic carbocycles. The van der Waals surface area contributed by atoms with Gasteiger partial charge in [-0.15, -0.1) is 0 Å². The van der Waals surface area contributed by atoms with E-state index >= 15 is 0 Å². The van der Waals surface area contributed by atoms with Crippen molar-refractivity contribution in [3.8, 4) is 11.1 Å². The summed E-state index contributed by atoms with van der Waals surface area (Å²) >= 11 is 0. The van der Waals surface area contributed by atoms with Crippen LogP contribution in [0.1, 0.15) is 38.6 Å². The normalized spacial score (nSPS) is 26.6. The maximum absolute atomic E-state index is 6.32. The van der Waals surface area contributed by atoms with Crippen molar-refractivity contribution in [2.24, 2.45) is 11.7 Å². The van der Waals surface area contributed by atoms with Crippen LogP contribution in [0.5, 0.6) is 0 Å². The van der Waals surface area contributed by atoms with Gasteiger partial charge >= 0.3 is 0 Å². The molecule has 0 radical (unpaired) electrons. The van der Waals surface area contributed by atoms with E-state index in [1.54, 1.807) is 0 Å². The Kier molecular flexibility index (Phi) is 3.88. The van der Waals surface area contributed by atoms with Gasteiger partial charge in [0.25, 0.3) is 0 Å². The number of hydrogen-bond acceptors (Lipinski definition) is 2. The van der Waals surface area contributed by atoms with Crippen molar-refractivity contribution in [1.29, 1.82) is 0 Å². The number of nitrogens with zero attached hydrogens (tertiary/aromatic N) is 2. The molecular formula is C17H23N3. The highest BCUT2D eigenvalue weighted by molar-refractivity contribution is 5.61. The minimum absolute atomic E-state index is 0.237. The third-order valence-corrected chi connectivity index (χ3v) is 4.60. The van der Waals surface area contributed by atoms with Crippen LogP contribution in [0.3, 0.4) is 0 Å². The van der Waals surface area contributed by atoms with Gasteiger partial charge in [-0.05, 0) is 30.7 Å². The molecule has 0 aliphatic heterocycles. The van der Waals surface area contributed by atoms with Crippen LogP contribution in [0.2, 0.25) is 0 Å². The first-order valence-electron chi connectivity index (χ1n) is 7.63. The molecule has 0 amide bonds. The highest BCUT2D eigenvalue weighted by Crippen LogP contribution is 2.34. The van der Waals surface area contributed by atoms with Gasteiger partial charge in [0, 0.05) is 17.8 Å². The average molecular weight is 269 g/mol. The summed E-state index contributed by atoms with van der Waals surface area (Å²) in [5.41, 5.74) is 8.71. The smallest absolute Gasteiger partial charge is 0.0672 e. The third-order valence-electron chi connectivity index (χ3n) is 4.60. The number of rotatable bonds is 3. The number of aromatic nitrogens is 2. The fraction of sp³-hybridized carbons (Fsp3) is 0.471. The molecule has 3 nitrogen and oxygen atoms in total. The van der Waals surface area contributed by atoms with Gasteiger partial charge in [-0.2, -0.15) is 5.10 Å². The first-order valence-corrected chi connectivity index (χ1v) is 7.63. The lowest BCUT2D eigenvalue weighted by molar-refractivity contribution is 0.217. The fourth-order valence-corrected chi connectivity index (χ4v) is 3.23. The topological polar surface area (TPSA) is 43.8 Å². The van der Waals surface area contributed by atoms with Gasteiger partial charge in [0.1, 0.15) is 0 Å². The fourth-order valence-electron chi connectivity index (χ4n) is 3.23. The SMILES string of the molecule is CCC1CCC(N)C(n2cc(-c3ccccc3)cn2)C1. The van der Waals surface area contributed by atoms with Gasteiger partial charge in [0.05, 0.1) is 12.2 Å². The molecular weight excluding hydrogens is 246 g/mol. The summed E-state index contributed by atoms with van der Waals surface area (Å²) in [4.78, 5) is 0. The molecule has 20 heavy (non-hydrogen) atoms. The Hall–Kier alpha value is -1.61. The second-order valence-electron chi connectivity index (χ2n) is 5.89. The molecule has 1 saturated carbocycles. The van der Waals surface area contributed by atoms with Crippen molar-refractivity contribution < 1.29 is 0 Å². The van der Waals surface area contributed by atoms with Gasteiger partial charge in [0.2, 0.25) is 0 Å². The predicted molar refractivity (Wildman–Crippen MR) is 82.3 cm³/mol. The second-order valence-corrected chi connectivity index (χ2v) is 5.89. The molecule has 106 valence electrons. The summed E-state index contributed by atoms with van der Waals surface area (Å²) in [5, 5.41) is 4.57. The van der Waals surface area contributed by atoms with Crippen LogP contribution in [0.4, 0.5) is 0 Å². The van der Waals surface area contributed by atoms with E-state index in [-0.39, 0.29) is 6.04 Å². The van der Waals surface area contributed by atoms with Crippen molar-refractivity contribution in [2.45, 2.75) is 44.7 Å². The van der Waals surface area contributed by atoms with E-state index < -0.39 is 0 Å². The molecule has 1 aromatic carbocycles. The van der Waals surface area contributed by atoms with E-state index in [4.69, 9.17) is 5.73 Å². The zero-order valence-corrected chi connectivity index (χ0v) is 12.1. The molecule has 1 fully saturated rings. The number of nitrogens with two attached hydrogens (primary N) is 1. The standard InChI is InChI=1S/C17H23N3/c1-2-13-8-9-16(18)17(10-13)20-12-15(11-19-20)14-6-4-3-5-7-14/h3-7,11-13,16-17H,2,8-10,18H2,1H3. The summed E-state index contributed by atoms with van der Waals surface area (Å²) in [5.74, 6) is 0.796. The van der Waals surface area contributed by atoms with Crippen molar-refractivity contribution >= 4 is 0 Å². The zero-order valence-electron chi connectivity index (χ0n) is 12.1. The Labute approximate surface area is 120 Å². The van der Waals surface area contributed by atoms with E-state index in [1.807, 2.05) is 12.3 Å². The Morgan fingerprint density at radius 2 is 2.00 bits per heavy atom. The third kappa shape index (κ3) is 2.63. The van der Waals surface area contributed by atoms with Gasteiger partial charge in [0.15, 0.2) is 0 Å². The second kappa shape index (κ2) is 5.80. The predicted octanol–water partition coefficient (Wildman–Crippen LogP) is 3.63. The molecule has 3 atom stereocenters. The van der Waals surface area contributed by atoms with E-state index in [0.29, 0.717) is 6.04 Å². The monoisotopic (exact) mass is 269 g/mol. The molecule has 1 aliphatic rings. The van der Waals surface area contributed by atoms with Crippen molar-refractivity contribution in [2.75, 3.05) is 0 Å². The van der Waals surface area contributed by atoms with Crippen LogP contribution >= 0.6 is 0 Å². The van der Waals surface area contributed by atoms with Crippen LogP contribution < -0.4 is 5.73 Å². The Morgan fingerprint density at radius 3 is 2.75 bits per heavy atom. The van der Waals surface area contributed by atoms with Gasteiger partial charge in [-0.25, -0.2) is 0 Å². The molecule has 3 unspecified atom stereocenters. The van der Waals surface area contributed by atoms with Crippen LogP contribution in [0.25, 0.3) is 11.1 Å². The Morgan fingerprint density at radius 1 is 1.20 bits per heavy atom. The first-order chi connectivity index (χ1) is 9.78. The maximum Gasteiger partial charge on any atom is 0.0672 e. The summed E-state index contributed by atoms with van der Waals surface area (Å²) in [7, 11) is 0. The number of hydrogen-bond donors (Lipinski definition) is 1. The van der Waals surface area contributed by atoms with Gasteiger partial charge < -0.3 is 5.73 Å². The van der Waals surface area contributed by atoms with Gasteiger partial charge in [-0.1, -0.05) is 43.7 Å². The Bertz CT molecular complexity index is 546. The zero-order chi connectivity index (χ0) is 13.9. The number of benzene rings is 1. The molecule has 0 bridgehead atoms. The lowest BCUT2D eigenvalue weighted by Crippen LogP contribution is -2.37. The van der Waals surface area contributed by atoms with Crippen molar-refractivity contribution in [1.82, 2.24) is 9.78 Å². The Balaban J connectivity index is 1.82. The quantitative estimate of drug-likeness (QED) is 0.924. The van der Waals surface area contributed by atoms with Crippen LogP contribution in [-0.4, -0.2) is 15.8 Å². The summed E-state index contributed by atoms with van der Waals surface area (Å²) in [6, 6.07) is 11.0. The van der Waals surface area contributed by atoms with E-state index in [2.05, 4.69) is 47.2 Å². The van der Waals surface area contributed by atoms with Crippen molar-refractivity contribution in [3.05, 3.63) is 42.7 Å². The summed E-state index contributed by atoms with van der Waals surface area (Å²) < 4.78 is 2.09.